The largest absolute Gasteiger partial charge is 0.495 e. The van der Waals surface area contributed by atoms with E-state index in [1.807, 2.05) is 6.92 Å². The lowest BCUT2D eigenvalue weighted by atomic mass is 10.3. The molecule has 0 radical (unpaired) electrons. The fourth-order valence-electron chi connectivity index (χ4n) is 1.51. The second kappa shape index (κ2) is 5.63. The number of benzene rings is 1. The number of aromatic nitrogens is 2. The van der Waals surface area contributed by atoms with Crippen LogP contribution in [-0.2, 0) is 16.4 Å². The van der Waals surface area contributed by atoms with Crippen molar-refractivity contribution in [3.63, 3.8) is 0 Å². The van der Waals surface area contributed by atoms with Crippen LogP contribution in [0.1, 0.15) is 11.9 Å². The van der Waals surface area contributed by atoms with Crippen molar-refractivity contribution in [3.05, 3.63) is 23.2 Å². The van der Waals surface area contributed by atoms with Crippen LogP contribution in [0.25, 0.3) is 0 Å². The number of nitrogen functional groups attached to an aromatic ring is 1. The van der Waals surface area contributed by atoms with Crippen LogP contribution >= 0.6 is 11.3 Å². The summed E-state index contributed by atoms with van der Waals surface area (Å²) in [7, 11) is -2.41. The first-order chi connectivity index (χ1) is 9.46. The monoisotopic (exact) mass is 314 g/mol. The fourth-order valence-corrected chi connectivity index (χ4v) is 3.58. The van der Waals surface area contributed by atoms with Crippen molar-refractivity contribution in [3.8, 4) is 5.75 Å². The molecule has 0 bridgehead atoms. The van der Waals surface area contributed by atoms with Crippen molar-refractivity contribution in [1.29, 1.82) is 0 Å². The molecule has 1 aromatic heterocycles. The van der Waals surface area contributed by atoms with E-state index in [0.717, 1.165) is 5.01 Å². The van der Waals surface area contributed by atoms with Crippen LogP contribution in [0.5, 0.6) is 5.75 Å². The third-order valence-electron chi connectivity index (χ3n) is 2.47. The first-order valence-corrected chi connectivity index (χ1v) is 8.05. The van der Waals surface area contributed by atoms with Crippen molar-refractivity contribution in [2.75, 3.05) is 17.6 Å². The normalized spacial score (nSPS) is 11.3. The van der Waals surface area contributed by atoms with Crippen LogP contribution < -0.4 is 15.2 Å². The Labute approximate surface area is 120 Å². The van der Waals surface area contributed by atoms with Gasteiger partial charge >= 0.3 is 0 Å². The summed E-state index contributed by atoms with van der Waals surface area (Å²) in [5, 5.41) is 8.62. The molecule has 9 heteroatoms. The first-order valence-electron chi connectivity index (χ1n) is 5.75. The maximum atomic E-state index is 12.3. The van der Waals surface area contributed by atoms with E-state index in [-0.39, 0.29) is 15.8 Å². The molecule has 20 heavy (non-hydrogen) atoms. The standard InChI is InChI=1S/C11H14N4O3S2/c1-3-10-13-14-11(19-10)15-20(16,17)9-5-4-7(12)6-8(9)18-2/h4-6H,3,12H2,1-2H3,(H,14,15). The van der Waals surface area contributed by atoms with Gasteiger partial charge in [-0.25, -0.2) is 8.42 Å². The molecule has 2 aromatic rings. The number of nitrogens with two attached hydrogens (primary N) is 1. The summed E-state index contributed by atoms with van der Waals surface area (Å²) < 4.78 is 32.0. The number of nitrogens with one attached hydrogen (secondary N) is 1. The molecule has 3 N–H and O–H groups in total. The lowest BCUT2D eigenvalue weighted by molar-refractivity contribution is 0.403. The van der Waals surface area contributed by atoms with E-state index < -0.39 is 10.0 Å². The van der Waals surface area contributed by atoms with Crippen LogP contribution in [0.4, 0.5) is 10.8 Å². The number of hydrogen-bond acceptors (Lipinski definition) is 7. The number of aryl methyl sites for hydroxylation is 1. The number of anilines is 2. The predicted octanol–water partition coefficient (Wildman–Crippen LogP) is 1.49. The molecule has 7 nitrogen and oxygen atoms in total. The minimum Gasteiger partial charge on any atom is -0.495 e. The van der Waals surface area contributed by atoms with Crippen LogP contribution in [0.15, 0.2) is 23.1 Å². The van der Waals surface area contributed by atoms with E-state index in [1.165, 1.54) is 36.6 Å². The van der Waals surface area contributed by atoms with Gasteiger partial charge in [0, 0.05) is 11.8 Å². The molecule has 0 aliphatic carbocycles. The molecular weight excluding hydrogens is 300 g/mol. The molecule has 0 aliphatic heterocycles. The molecule has 0 amide bonds. The summed E-state index contributed by atoms with van der Waals surface area (Å²) in [5.41, 5.74) is 6.03. The quantitative estimate of drug-likeness (QED) is 0.810. The Balaban J connectivity index is 2.35. The molecule has 0 fully saturated rings. The third kappa shape index (κ3) is 2.99. The van der Waals surface area contributed by atoms with Gasteiger partial charge in [-0.2, -0.15) is 0 Å². The van der Waals surface area contributed by atoms with Crippen molar-refractivity contribution in [2.45, 2.75) is 18.2 Å². The number of methoxy groups -OCH3 is 1. The van der Waals surface area contributed by atoms with E-state index in [0.29, 0.717) is 12.1 Å². The van der Waals surface area contributed by atoms with E-state index >= 15 is 0 Å². The zero-order chi connectivity index (χ0) is 14.8. The minimum atomic E-state index is -3.79. The van der Waals surface area contributed by atoms with Crippen molar-refractivity contribution >= 4 is 32.2 Å². The van der Waals surface area contributed by atoms with Crippen molar-refractivity contribution < 1.29 is 13.2 Å². The van der Waals surface area contributed by atoms with Crippen LogP contribution in [0, 0.1) is 0 Å². The molecule has 0 aliphatic rings. The Morgan fingerprint density at radius 2 is 2.15 bits per heavy atom. The second-order valence-electron chi connectivity index (χ2n) is 3.87. The van der Waals surface area contributed by atoms with Gasteiger partial charge in [-0.15, -0.1) is 10.2 Å². The lowest BCUT2D eigenvalue weighted by Crippen LogP contribution is -2.14. The number of hydrogen-bond donors (Lipinski definition) is 2. The van der Waals surface area contributed by atoms with Crippen LogP contribution in [-0.4, -0.2) is 25.7 Å². The topological polar surface area (TPSA) is 107 Å². The molecule has 2 rings (SSSR count). The molecule has 108 valence electrons. The maximum absolute atomic E-state index is 12.3. The third-order valence-corrected chi connectivity index (χ3v) is 4.96. The number of sulfonamides is 1. The molecule has 0 saturated heterocycles. The molecule has 1 aromatic carbocycles. The highest BCUT2D eigenvalue weighted by Gasteiger charge is 2.21. The molecule has 0 spiro atoms. The van der Waals surface area contributed by atoms with Crippen molar-refractivity contribution in [1.82, 2.24) is 10.2 Å². The van der Waals surface area contributed by atoms with Gasteiger partial charge in [-0.05, 0) is 18.6 Å². The maximum Gasteiger partial charge on any atom is 0.267 e. The Morgan fingerprint density at radius 3 is 2.75 bits per heavy atom. The zero-order valence-electron chi connectivity index (χ0n) is 11.0. The van der Waals surface area contributed by atoms with Gasteiger partial charge in [-0.1, -0.05) is 18.3 Å². The van der Waals surface area contributed by atoms with Gasteiger partial charge in [0.2, 0.25) is 5.13 Å². The summed E-state index contributed by atoms with van der Waals surface area (Å²) in [6.45, 7) is 1.92. The summed E-state index contributed by atoms with van der Waals surface area (Å²) >= 11 is 1.19. The zero-order valence-corrected chi connectivity index (χ0v) is 12.6. The molecular formula is C11H14N4O3S2. The summed E-state index contributed by atoms with van der Waals surface area (Å²) in [6, 6.07) is 4.33. The Bertz CT molecular complexity index is 712. The van der Waals surface area contributed by atoms with E-state index in [2.05, 4.69) is 14.9 Å². The summed E-state index contributed by atoms with van der Waals surface area (Å²) in [4.78, 5) is 0.00227. The Hall–Kier alpha value is -1.87. The van der Waals surface area contributed by atoms with Gasteiger partial charge in [0.05, 0.1) is 7.11 Å². The van der Waals surface area contributed by atoms with Gasteiger partial charge < -0.3 is 10.5 Å². The van der Waals surface area contributed by atoms with Gasteiger partial charge in [0.1, 0.15) is 15.7 Å². The van der Waals surface area contributed by atoms with Crippen LogP contribution in [0.3, 0.4) is 0 Å². The predicted molar refractivity (Wildman–Crippen MR) is 77.5 cm³/mol. The molecule has 0 unspecified atom stereocenters. The highest BCUT2D eigenvalue weighted by Crippen LogP contribution is 2.28. The van der Waals surface area contributed by atoms with Gasteiger partial charge in [-0.3, -0.25) is 4.72 Å². The molecule has 0 atom stereocenters. The average molecular weight is 314 g/mol. The lowest BCUT2D eigenvalue weighted by Gasteiger charge is -2.10. The summed E-state index contributed by atoms with van der Waals surface area (Å²) in [5.74, 6) is 0.178. The molecule has 0 saturated carbocycles. The highest BCUT2D eigenvalue weighted by atomic mass is 32.2. The smallest absolute Gasteiger partial charge is 0.267 e. The fraction of sp³-hybridized carbons (Fsp3) is 0.273. The molecule has 1 heterocycles. The summed E-state index contributed by atoms with van der Waals surface area (Å²) in [6.07, 6.45) is 0.699. The van der Waals surface area contributed by atoms with E-state index in [1.54, 1.807) is 0 Å². The highest BCUT2D eigenvalue weighted by molar-refractivity contribution is 7.93. The number of ether oxygens (including phenoxy) is 1. The Kier molecular flexibility index (Phi) is 4.09. The van der Waals surface area contributed by atoms with Gasteiger partial charge in [0.15, 0.2) is 0 Å². The minimum absolute atomic E-state index is 0.00227. The van der Waals surface area contributed by atoms with Crippen LogP contribution in [0.2, 0.25) is 0 Å². The second-order valence-corrected chi connectivity index (χ2v) is 6.58. The van der Waals surface area contributed by atoms with Crippen molar-refractivity contribution in [2.24, 2.45) is 0 Å². The first kappa shape index (κ1) is 14.5. The van der Waals surface area contributed by atoms with E-state index in [9.17, 15) is 8.42 Å². The van der Waals surface area contributed by atoms with E-state index in [4.69, 9.17) is 10.5 Å². The van der Waals surface area contributed by atoms with Gasteiger partial charge in [0.25, 0.3) is 10.0 Å². The number of nitrogens with zero attached hydrogens (tertiary/aromatic N) is 2. The SMILES string of the molecule is CCc1nnc(NS(=O)(=O)c2ccc(N)cc2OC)s1. The Morgan fingerprint density at radius 1 is 1.40 bits per heavy atom. The number of rotatable bonds is 5. The average Bonchev–Trinajstić information content (AvgIpc) is 2.85.